The Bertz CT molecular complexity index is 758. The zero-order chi connectivity index (χ0) is 16.0. The lowest BCUT2D eigenvalue weighted by Gasteiger charge is -2.14. The molecule has 0 radical (unpaired) electrons. The molecule has 1 saturated carbocycles. The molecule has 0 spiro atoms. The maximum absolute atomic E-state index is 12.5. The summed E-state index contributed by atoms with van der Waals surface area (Å²) in [4.78, 5) is 29.8. The molecular weight excluding hydrogens is 294 g/mol. The van der Waals surface area contributed by atoms with Gasteiger partial charge in [0.05, 0.1) is 5.56 Å². The SMILES string of the molecule is Cn1ccc(N2CCC(NC(=O)c3cc[nH]c3C3CC3)C2=O)n1. The Kier molecular flexibility index (Phi) is 3.21. The molecule has 1 atom stereocenters. The topological polar surface area (TPSA) is 83.0 Å². The molecule has 23 heavy (non-hydrogen) atoms. The van der Waals surface area contributed by atoms with Gasteiger partial charge in [-0.3, -0.25) is 19.2 Å². The number of aromatic amines is 1. The van der Waals surface area contributed by atoms with Crippen molar-refractivity contribution in [3.05, 3.63) is 35.8 Å². The molecule has 4 rings (SSSR count). The number of carbonyl (C=O) groups is 2. The minimum Gasteiger partial charge on any atom is -0.364 e. The van der Waals surface area contributed by atoms with Crippen molar-refractivity contribution in [1.82, 2.24) is 20.1 Å². The number of nitrogens with zero attached hydrogens (tertiary/aromatic N) is 3. The molecule has 2 fully saturated rings. The number of amides is 2. The zero-order valence-corrected chi connectivity index (χ0v) is 13.0. The highest BCUT2D eigenvalue weighted by molar-refractivity contribution is 6.03. The number of anilines is 1. The highest BCUT2D eigenvalue weighted by Crippen LogP contribution is 2.40. The first-order valence-corrected chi connectivity index (χ1v) is 7.92. The van der Waals surface area contributed by atoms with Gasteiger partial charge in [0.1, 0.15) is 6.04 Å². The molecule has 2 N–H and O–H groups in total. The molecule has 2 aromatic heterocycles. The lowest BCUT2D eigenvalue weighted by molar-refractivity contribution is -0.118. The van der Waals surface area contributed by atoms with Crippen LogP contribution in [-0.4, -0.2) is 39.2 Å². The molecular formula is C16H19N5O2. The number of hydrogen-bond acceptors (Lipinski definition) is 3. The Morgan fingerprint density at radius 3 is 2.87 bits per heavy atom. The van der Waals surface area contributed by atoms with Crippen LogP contribution in [-0.2, 0) is 11.8 Å². The van der Waals surface area contributed by atoms with Crippen LogP contribution in [0.15, 0.2) is 24.5 Å². The summed E-state index contributed by atoms with van der Waals surface area (Å²) in [6.07, 6.45) is 6.44. The van der Waals surface area contributed by atoms with Crippen LogP contribution in [0, 0.1) is 0 Å². The average molecular weight is 313 g/mol. The van der Waals surface area contributed by atoms with Crippen LogP contribution in [0.2, 0.25) is 0 Å². The summed E-state index contributed by atoms with van der Waals surface area (Å²) in [5.74, 6) is 0.833. The third-order valence-electron chi connectivity index (χ3n) is 4.50. The zero-order valence-electron chi connectivity index (χ0n) is 13.0. The fourth-order valence-electron chi connectivity index (χ4n) is 3.11. The van der Waals surface area contributed by atoms with Gasteiger partial charge in [-0.1, -0.05) is 0 Å². The molecule has 1 unspecified atom stereocenters. The van der Waals surface area contributed by atoms with Gasteiger partial charge in [-0.25, -0.2) is 0 Å². The first-order valence-electron chi connectivity index (χ1n) is 7.92. The first-order chi connectivity index (χ1) is 11.1. The van der Waals surface area contributed by atoms with Crippen molar-refractivity contribution in [3.8, 4) is 0 Å². The smallest absolute Gasteiger partial charge is 0.253 e. The fourth-order valence-corrected chi connectivity index (χ4v) is 3.11. The van der Waals surface area contributed by atoms with Gasteiger partial charge in [0, 0.05) is 37.7 Å². The average Bonchev–Trinajstić information content (AvgIpc) is 2.93. The molecule has 2 amide bonds. The van der Waals surface area contributed by atoms with Crippen molar-refractivity contribution in [2.75, 3.05) is 11.4 Å². The summed E-state index contributed by atoms with van der Waals surface area (Å²) >= 11 is 0. The van der Waals surface area contributed by atoms with Gasteiger partial charge >= 0.3 is 0 Å². The summed E-state index contributed by atoms with van der Waals surface area (Å²) < 4.78 is 1.66. The third kappa shape index (κ3) is 2.52. The largest absolute Gasteiger partial charge is 0.364 e. The van der Waals surface area contributed by atoms with Crippen molar-refractivity contribution in [3.63, 3.8) is 0 Å². The van der Waals surface area contributed by atoms with E-state index in [-0.39, 0.29) is 11.8 Å². The van der Waals surface area contributed by atoms with E-state index in [9.17, 15) is 9.59 Å². The number of nitrogens with one attached hydrogen (secondary N) is 2. The quantitative estimate of drug-likeness (QED) is 0.888. The van der Waals surface area contributed by atoms with Crippen molar-refractivity contribution in [2.45, 2.75) is 31.2 Å². The maximum Gasteiger partial charge on any atom is 0.253 e. The summed E-state index contributed by atoms with van der Waals surface area (Å²) in [5.41, 5.74) is 1.66. The van der Waals surface area contributed by atoms with Crippen molar-refractivity contribution in [2.24, 2.45) is 7.05 Å². The molecule has 1 saturated heterocycles. The van der Waals surface area contributed by atoms with E-state index in [4.69, 9.17) is 0 Å². The van der Waals surface area contributed by atoms with Gasteiger partial charge in [0.15, 0.2) is 5.82 Å². The second-order valence-corrected chi connectivity index (χ2v) is 6.23. The Morgan fingerprint density at radius 2 is 2.17 bits per heavy atom. The second-order valence-electron chi connectivity index (χ2n) is 6.23. The van der Waals surface area contributed by atoms with E-state index in [2.05, 4.69) is 15.4 Å². The first kappa shape index (κ1) is 14.0. The van der Waals surface area contributed by atoms with Gasteiger partial charge in [0.25, 0.3) is 11.8 Å². The standard InChI is InChI=1S/C16H19N5O2/c1-20-8-6-13(19-20)21-9-5-12(16(21)23)18-15(22)11-4-7-17-14(11)10-2-3-10/h4,6-8,10,12,17H,2-3,5,9H2,1H3,(H,18,22). The molecule has 2 aliphatic rings. The maximum atomic E-state index is 12.5. The lowest BCUT2D eigenvalue weighted by atomic mass is 10.1. The van der Waals surface area contributed by atoms with Crippen LogP contribution >= 0.6 is 0 Å². The molecule has 1 aliphatic carbocycles. The number of aromatic nitrogens is 3. The Balaban J connectivity index is 1.46. The van der Waals surface area contributed by atoms with Crippen LogP contribution < -0.4 is 10.2 Å². The van der Waals surface area contributed by atoms with Crippen molar-refractivity contribution < 1.29 is 9.59 Å². The van der Waals surface area contributed by atoms with Gasteiger partial charge in [-0.2, -0.15) is 5.10 Å². The van der Waals surface area contributed by atoms with Gasteiger partial charge in [0.2, 0.25) is 0 Å². The molecule has 3 heterocycles. The predicted molar refractivity (Wildman–Crippen MR) is 84.2 cm³/mol. The lowest BCUT2D eigenvalue weighted by Crippen LogP contribution is -2.41. The summed E-state index contributed by atoms with van der Waals surface area (Å²) in [6, 6.07) is 3.12. The van der Waals surface area contributed by atoms with Crippen molar-refractivity contribution >= 4 is 17.6 Å². The molecule has 120 valence electrons. The van der Waals surface area contributed by atoms with Gasteiger partial charge < -0.3 is 10.3 Å². The minimum atomic E-state index is -0.480. The normalized spacial score (nSPS) is 21.0. The number of rotatable bonds is 4. The highest BCUT2D eigenvalue weighted by atomic mass is 16.2. The fraction of sp³-hybridized carbons (Fsp3) is 0.438. The summed E-state index contributed by atoms with van der Waals surface area (Å²) in [5, 5.41) is 7.13. The van der Waals surface area contributed by atoms with Gasteiger partial charge in [-0.15, -0.1) is 0 Å². The predicted octanol–water partition coefficient (Wildman–Crippen LogP) is 1.16. The van der Waals surface area contributed by atoms with Crippen LogP contribution in [0.3, 0.4) is 0 Å². The van der Waals surface area contributed by atoms with E-state index in [1.807, 2.05) is 7.05 Å². The van der Waals surface area contributed by atoms with Gasteiger partial charge in [-0.05, 0) is 31.2 Å². The van der Waals surface area contributed by atoms with E-state index < -0.39 is 6.04 Å². The van der Waals surface area contributed by atoms with E-state index in [0.717, 1.165) is 18.5 Å². The number of H-pyrrole nitrogens is 1. The van der Waals surface area contributed by atoms with E-state index in [0.29, 0.717) is 30.3 Å². The Labute approximate surface area is 133 Å². The molecule has 0 bridgehead atoms. The van der Waals surface area contributed by atoms with E-state index in [1.54, 1.807) is 34.1 Å². The Morgan fingerprint density at radius 1 is 1.35 bits per heavy atom. The van der Waals surface area contributed by atoms with Crippen LogP contribution in [0.1, 0.15) is 41.2 Å². The van der Waals surface area contributed by atoms with Crippen LogP contribution in [0.25, 0.3) is 0 Å². The second kappa shape index (κ2) is 5.26. The summed E-state index contributed by atoms with van der Waals surface area (Å²) in [7, 11) is 1.81. The van der Waals surface area contributed by atoms with Crippen LogP contribution in [0.5, 0.6) is 0 Å². The van der Waals surface area contributed by atoms with E-state index >= 15 is 0 Å². The number of hydrogen-bond donors (Lipinski definition) is 2. The third-order valence-corrected chi connectivity index (χ3v) is 4.50. The molecule has 0 aromatic carbocycles. The number of aryl methyl sites for hydroxylation is 1. The van der Waals surface area contributed by atoms with Crippen LogP contribution in [0.4, 0.5) is 5.82 Å². The molecule has 2 aromatic rings. The Hall–Kier alpha value is -2.57. The molecule has 7 nitrogen and oxygen atoms in total. The monoisotopic (exact) mass is 313 g/mol. The van der Waals surface area contributed by atoms with Crippen molar-refractivity contribution in [1.29, 1.82) is 0 Å². The highest BCUT2D eigenvalue weighted by Gasteiger charge is 2.36. The molecule has 7 heteroatoms. The molecule has 1 aliphatic heterocycles. The summed E-state index contributed by atoms with van der Waals surface area (Å²) in [6.45, 7) is 0.573. The number of carbonyl (C=O) groups excluding carboxylic acids is 2. The van der Waals surface area contributed by atoms with E-state index in [1.165, 1.54) is 0 Å². The minimum absolute atomic E-state index is 0.0967.